The summed E-state index contributed by atoms with van der Waals surface area (Å²) >= 11 is 0. The maximum absolute atomic E-state index is 14.4. The maximum Gasteiger partial charge on any atom is 0.171 e. The first-order chi connectivity index (χ1) is 16.3. The molecule has 5 heteroatoms. The van der Waals surface area contributed by atoms with E-state index in [0.717, 1.165) is 30.4 Å². The van der Waals surface area contributed by atoms with E-state index < -0.39 is 6.10 Å². The molecule has 1 saturated carbocycles. The monoisotopic (exact) mass is 464 g/mol. The van der Waals surface area contributed by atoms with Gasteiger partial charge < -0.3 is 14.7 Å². The van der Waals surface area contributed by atoms with Gasteiger partial charge in [0.15, 0.2) is 11.6 Å². The van der Waals surface area contributed by atoms with Crippen LogP contribution in [0.4, 0.5) is 4.39 Å². The van der Waals surface area contributed by atoms with Gasteiger partial charge in [-0.15, -0.1) is 0 Å². The predicted molar refractivity (Wildman–Crippen MR) is 139 cm³/mol. The number of aliphatic hydroxyl groups is 1. The number of nitrogens with zero attached hydrogens (tertiary/aromatic N) is 2. The van der Waals surface area contributed by atoms with E-state index in [1.165, 1.54) is 12.1 Å². The number of halogens is 1. The Morgan fingerprint density at radius 3 is 2.59 bits per heavy atom. The molecule has 3 unspecified atom stereocenters. The summed E-state index contributed by atoms with van der Waals surface area (Å²) in [5.41, 5.74) is 2.73. The number of benzene rings is 2. The Labute approximate surface area is 203 Å². The zero-order valence-electron chi connectivity index (χ0n) is 21.0. The van der Waals surface area contributed by atoms with E-state index in [2.05, 4.69) is 38.4 Å². The molecule has 0 radical (unpaired) electrons. The van der Waals surface area contributed by atoms with Gasteiger partial charge in [-0.05, 0) is 66.5 Å². The normalized spacial score (nSPS) is 21.1. The van der Waals surface area contributed by atoms with Crippen LogP contribution in [-0.2, 0) is 0 Å². The number of rotatable bonds is 9. The van der Waals surface area contributed by atoms with Crippen molar-refractivity contribution in [3.63, 3.8) is 0 Å². The van der Waals surface area contributed by atoms with Gasteiger partial charge in [-0.25, -0.2) is 9.38 Å². The number of hydrogen-bond acceptors (Lipinski definition) is 4. The lowest BCUT2D eigenvalue weighted by atomic mass is 9.92. The van der Waals surface area contributed by atoms with E-state index >= 15 is 0 Å². The van der Waals surface area contributed by atoms with Crippen LogP contribution in [-0.4, -0.2) is 35.4 Å². The zero-order chi connectivity index (χ0) is 24.8. The van der Waals surface area contributed by atoms with Crippen molar-refractivity contribution in [2.45, 2.75) is 65.0 Å². The van der Waals surface area contributed by atoms with Gasteiger partial charge in [0.05, 0.1) is 12.1 Å². The predicted octanol–water partition coefficient (Wildman–Crippen LogP) is 6.92. The number of aliphatic imine (C=N–C) groups is 1. The Bertz CT molecular complexity index is 1060. The van der Waals surface area contributed by atoms with Crippen molar-refractivity contribution >= 4 is 6.21 Å². The highest BCUT2D eigenvalue weighted by atomic mass is 19.1. The standard InChI is InChI=1S/C29H37FN2O2/c1-7-15-31-29(32(6)25-16-20(5)17-26(25)33)27(8-2)34-28-14-13-21(30)18-24(28)23-12-10-9-11-22(23)19(3)4/h8-15,18-20,25-26,33H,2,7,16-17H2,1,3-6H3/b29-27-,31-15?. The Kier molecular flexibility index (Phi) is 8.67. The first-order valence-corrected chi connectivity index (χ1v) is 12.1. The Balaban J connectivity index is 2.10. The van der Waals surface area contributed by atoms with Gasteiger partial charge in [0.1, 0.15) is 11.6 Å². The molecule has 0 bridgehead atoms. The van der Waals surface area contributed by atoms with Crippen LogP contribution in [0.3, 0.4) is 0 Å². The highest BCUT2D eigenvalue weighted by Gasteiger charge is 2.35. The third-order valence-corrected chi connectivity index (χ3v) is 6.40. The third kappa shape index (κ3) is 5.76. The summed E-state index contributed by atoms with van der Waals surface area (Å²) in [7, 11) is 1.93. The summed E-state index contributed by atoms with van der Waals surface area (Å²) in [6.45, 7) is 12.4. The molecule has 0 spiro atoms. The molecule has 0 aliphatic heterocycles. The average Bonchev–Trinajstić information content (AvgIpc) is 3.16. The van der Waals surface area contributed by atoms with E-state index in [-0.39, 0.29) is 17.8 Å². The number of hydrogen-bond donors (Lipinski definition) is 1. The second-order valence-corrected chi connectivity index (χ2v) is 9.42. The highest BCUT2D eigenvalue weighted by Crippen LogP contribution is 2.38. The lowest BCUT2D eigenvalue weighted by Crippen LogP contribution is -2.37. The summed E-state index contributed by atoms with van der Waals surface area (Å²) < 4.78 is 20.8. The molecule has 3 atom stereocenters. The molecule has 3 rings (SSSR count). The molecule has 2 aromatic rings. The number of ether oxygens (including phenoxy) is 1. The van der Waals surface area contributed by atoms with Crippen LogP contribution in [0.1, 0.15) is 58.4 Å². The fourth-order valence-corrected chi connectivity index (χ4v) is 4.66. The van der Waals surface area contributed by atoms with Crippen molar-refractivity contribution in [1.29, 1.82) is 0 Å². The van der Waals surface area contributed by atoms with E-state index in [4.69, 9.17) is 4.74 Å². The molecule has 2 aromatic carbocycles. The van der Waals surface area contributed by atoms with Crippen LogP contribution in [0, 0.1) is 11.7 Å². The van der Waals surface area contributed by atoms with E-state index in [1.807, 2.05) is 43.3 Å². The Morgan fingerprint density at radius 1 is 1.24 bits per heavy atom. The maximum atomic E-state index is 14.4. The van der Waals surface area contributed by atoms with Gasteiger partial charge in [0.25, 0.3) is 0 Å². The van der Waals surface area contributed by atoms with Crippen LogP contribution >= 0.6 is 0 Å². The largest absolute Gasteiger partial charge is 0.453 e. The molecule has 0 amide bonds. The lowest BCUT2D eigenvalue weighted by molar-refractivity contribution is 0.101. The van der Waals surface area contributed by atoms with Crippen LogP contribution in [0.5, 0.6) is 5.75 Å². The van der Waals surface area contributed by atoms with Crippen molar-refractivity contribution in [2.75, 3.05) is 7.05 Å². The zero-order valence-corrected chi connectivity index (χ0v) is 21.0. The fourth-order valence-electron chi connectivity index (χ4n) is 4.66. The van der Waals surface area contributed by atoms with Gasteiger partial charge >= 0.3 is 0 Å². The minimum absolute atomic E-state index is 0.0630. The molecule has 4 nitrogen and oxygen atoms in total. The molecular weight excluding hydrogens is 427 g/mol. The molecule has 1 aliphatic carbocycles. The summed E-state index contributed by atoms with van der Waals surface area (Å²) in [6.07, 6.45) is 5.41. The number of allylic oxidation sites excluding steroid dienone is 1. The summed E-state index contributed by atoms with van der Waals surface area (Å²) in [5.74, 6) is 1.97. The topological polar surface area (TPSA) is 45.1 Å². The minimum Gasteiger partial charge on any atom is -0.453 e. The average molecular weight is 465 g/mol. The van der Waals surface area contributed by atoms with Crippen molar-refractivity contribution < 1.29 is 14.2 Å². The number of aliphatic hydroxyl groups excluding tert-OH is 1. The van der Waals surface area contributed by atoms with Crippen LogP contribution in [0.2, 0.25) is 0 Å². The molecule has 1 fully saturated rings. The second-order valence-electron chi connectivity index (χ2n) is 9.42. The molecule has 0 saturated heterocycles. The summed E-state index contributed by atoms with van der Waals surface area (Å²) in [5, 5.41) is 10.6. The molecule has 0 heterocycles. The van der Waals surface area contributed by atoms with Crippen molar-refractivity contribution in [1.82, 2.24) is 4.90 Å². The fraction of sp³-hybridized carbons (Fsp3) is 0.414. The van der Waals surface area contributed by atoms with E-state index in [0.29, 0.717) is 28.8 Å². The van der Waals surface area contributed by atoms with Crippen LogP contribution in [0.25, 0.3) is 11.1 Å². The molecule has 1 aliphatic rings. The molecular formula is C29H37FN2O2. The summed E-state index contributed by atoms with van der Waals surface area (Å²) in [6, 6.07) is 12.5. The number of likely N-dealkylation sites (N-methyl/N-ethyl adjacent to an activating group) is 1. The Hall–Kier alpha value is -2.92. The first-order valence-electron chi connectivity index (χ1n) is 12.1. The lowest BCUT2D eigenvalue weighted by Gasteiger charge is -2.30. The molecule has 182 valence electrons. The van der Waals surface area contributed by atoms with E-state index in [9.17, 15) is 9.50 Å². The van der Waals surface area contributed by atoms with Gasteiger partial charge in [-0.3, -0.25) is 0 Å². The first kappa shape index (κ1) is 25.7. The Morgan fingerprint density at radius 2 is 1.97 bits per heavy atom. The SMILES string of the molecule is C=C/C(Oc1ccc(F)cc1-c1ccccc1C(C)C)=C(\N=CCC)N(C)C1CC(C)CC1O. The molecule has 34 heavy (non-hydrogen) atoms. The molecule has 1 N–H and O–H groups in total. The minimum atomic E-state index is -0.433. The smallest absolute Gasteiger partial charge is 0.171 e. The van der Waals surface area contributed by atoms with Gasteiger partial charge in [-0.1, -0.05) is 58.5 Å². The quantitative estimate of drug-likeness (QED) is 0.249. The van der Waals surface area contributed by atoms with Crippen LogP contribution in [0.15, 0.2) is 71.7 Å². The van der Waals surface area contributed by atoms with Crippen LogP contribution < -0.4 is 4.74 Å². The van der Waals surface area contributed by atoms with Crippen molar-refractivity contribution in [3.05, 3.63) is 78.1 Å². The van der Waals surface area contributed by atoms with Gasteiger partial charge in [0.2, 0.25) is 0 Å². The summed E-state index contributed by atoms with van der Waals surface area (Å²) in [4.78, 5) is 6.67. The van der Waals surface area contributed by atoms with E-state index in [1.54, 1.807) is 12.1 Å². The second kappa shape index (κ2) is 11.5. The third-order valence-electron chi connectivity index (χ3n) is 6.40. The highest BCUT2D eigenvalue weighted by molar-refractivity contribution is 5.74. The van der Waals surface area contributed by atoms with Gasteiger partial charge in [0, 0.05) is 18.8 Å². The molecule has 0 aromatic heterocycles. The van der Waals surface area contributed by atoms with Crippen molar-refractivity contribution in [2.24, 2.45) is 10.9 Å². The van der Waals surface area contributed by atoms with Gasteiger partial charge in [-0.2, -0.15) is 0 Å². The van der Waals surface area contributed by atoms with Crippen molar-refractivity contribution in [3.8, 4) is 16.9 Å².